The van der Waals surface area contributed by atoms with Crippen molar-refractivity contribution in [3.63, 3.8) is 0 Å². The van der Waals surface area contributed by atoms with Gasteiger partial charge in [-0.15, -0.1) is 0 Å². The Morgan fingerprint density at radius 1 is 0.676 bits per heavy atom. The zero-order valence-corrected chi connectivity index (χ0v) is 17.8. The van der Waals surface area contributed by atoms with E-state index in [1.807, 2.05) is 78.9 Å². The summed E-state index contributed by atoms with van der Waals surface area (Å²) in [5.74, 6) is -0.223. The van der Waals surface area contributed by atoms with Crippen molar-refractivity contribution in [1.29, 1.82) is 0 Å². The number of para-hydroxylation sites is 1. The first-order valence-electron chi connectivity index (χ1n) is 10.7. The summed E-state index contributed by atoms with van der Waals surface area (Å²) in [6.45, 7) is 0. The lowest BCUT2D eigenvalue weighted by Gasteiger charge is -2.10. The van der Waals surface area contributed by atoms with E-state index >= 15 is 0 Å². The molecule has 0 radical (unpaired) electrons. The number of hydrogen-bond acceptors (Lipinski definition) is 3. The summed E-state index contributed by atoms with van der Waals surface area (Å²) in [6, 6.07) is 27.8. The molecule has 0 saturated heterocycles. The van der Waals surface area contributed by atoms with Gasteiger partial charge in [0.25, 0.3) is 0 Å². The Morgan fingerprint density at radius 3 is 2.35 bits per heavy atom. The molecule has 3 heterocycles. The quantitative estimate of drug-likeness (QED) is 0.283. The highest BCUT2D eigenvalue weighted by atomic mass is 19.1. The average molecular weight is 449 g/mol. The van der Waals surface area contributed by atoms with Crippen molar-refractivity contribution in [3.8, 4) is 28.6 Å². The summed E-state index contributed by atoms with van der Waals surface area (Å²) >= 11 is 0. The standard InChI is InChI=1S/C28H17F2N3O/c29-20-16-24(30)28(32-17-20)33-25-9-2-1-8-22(25)23-12-11-19(15-26(23)33)18-6-5-7-21(14-18)34-27-10-3-4-13-31-27/h1-17H. The molecular formula is C28H17F2N3O. The maximum absolute atomic E-state index is 14.8. The maximum atomic E-state index is 14.8. The van der Waals surface area contributed by atoms with Gasteiger partial charge in [0.1, 0.15) is 11.6 Å². The Hall–Kier alpha value is -4.58. The highest BCUT2D eigenvalue weighted by molar-refractivity contribution is 6.10. The van der Waals surface area contributed by atoms with E-state index < -0.39 is 11.6 Å². The van der Waals surface area contributed by atoms with Gasteiger partial charge in [0.15, 0.2) is 11.6 Å². The van der Waals surface area contributed by atoms with E-state index in [2.05, 4.69) is 9.97 Å². The molecule has 0 fully saturated rings. The number of ether oxygens (including phenoxy) is 1. The highest BCUT2D eigenvalue weighted by Crippen LogP contribution is 2.35. The van der Waals surface area contributed by atoms with Gasteiger partial charge in [-0.05, 0) is 41.5 Å². The minimum atomic E-state index is -0.723. The normalized spacial score (nSPS) is 11.2. The van der Waals surface area contributed by atoms with Gasteiger partial charge < -0.3 is 4.74 Å². The summed E-state index contributed by atoms with van der Waals surface area (Å²) in [4.78, 5) is 8.28. The molecule has 3 aromatic carbocycles. The van der Waals surface area contributed by atoms with Gasteiger partial charge >= 0.3 is 0 Å². The van der Waals surface area contributed by atoms with Crippen LogP contribution in [-0.4, -0.2) is 14.5 Å². The zero-order valence-electron chi connectivity index (χ0n) is 17.8. The second-order valence-corrected chi connectivity index (χ2v) is 7.84. The van der Waals surface area contributed by atoms with Crippen LogP contribution >= 0.6 is 0 Å². The van der Waals surface area contributed by atoms with E-state index in [4.69, 9.17) is 4.74 Å². The average Bonchev–Trinajstić information content (AvgIpc) is 3.18. The van der Waals surface area contributed by atoms with Gasteiger partial charge in [0.05, 0.1) is 17.2 Å². The Balaban J connectivity index is 1.52. The molecule has 6 aromatic rings. The van der Waals surface area contributed by atoms with Gasteiger partial charge in [0.2, 0.25) is 5.88 Å². The number of benzene rings is 3. The maximum Gasteiger partial charge on any atom is 0.219 e. The number of fused-ring (bicyclic) bond motifs is 3. The molecule has 0 saturated carbocycles. The summed E-state index contributed by atoms with van der Waals surface area (Å²) in [5, 5.41) is 1.91. The number of aromatic nitrogens is 3. The summed E-state index contributed by atoms with van der Waals surface area (Å²) in [6.07, 6.45) is 2.70. The van der Waals surface area contributed by atoms with Crippen molar-refractivity contribution in [3.05, 3.63) is 115 Å². The number of halogens is 2. The van der Waals surface area contributed by atoms with E-state index in [1.54, 1.807) is 16.8 Å². The number of pyridine rings is 2. The molecule has 34 heavy (non-hydrogen) atoms. The largest absolute Gasteiger partial charge is 0.439 e. The van der Waals surface area contributed by atoms with Gasteiger partial charge in [-0.3, -0.25) is 4.57 Å². The topological polar surface area (TPSA) is 39.9 Å². The molecule has 3 aromatic heterocycles. The molecule has 4 nitrogen and oxygen atoms in total. The van der Waals surface area contributed by atoms with Crippen molar-refractivity contribution in [2.24, 2.45) is 0 Å². The smallest absolute Gasteiger partial charge is 0.219 e. The van der Waals surface area contributed by atoms with Crippen LogP contribution in [0.5, 0.6) is 11.6 Å². The van der Waals surface area contributed by atoms with Crippen LogP contribution in [0.4, 0.5) is 8.78 Å². The van der Waals surface area contributed by atoms with E-state index in [0.29, 0.717) is 11.6 Å². The molecule has 0 amide bonds. The first-order valence-corrected chi connectivity index (χ1v) is 10.7. The summed E-state index contributed by atoms with van der Waals surface area (Å²) in [5.41, 5.74) is 3.41. The van der Waals surface area contributed by atoms with Gasteiger partial charge in [0, 0.05) is 29.1 Å². The third-order valence-electron chi connectivity index (χ3n) is 5.70. The number of nitrogens with zero attached hydrogens (tertiary/aromatic N) is 3. The molecule has 0 N–H and O–H groups in total. The minimum absolute atomic E-state index is 0.0528. The SMILES string of the molecule is Fc1cnc(-n2c3ccccc3c3ccc(-c4cccc(Oc5ccccn5)c4)cc32)c(F)c1. The summed E-state index contributed by atoms with van der Waals surface area (Å²) < 4.78 is 36.0. The van der Waals surface area contributed by atoms with Crippen LogP contribution in [0.25, 0.3) is 38.8 Å². The lowest BCUT2D eigenvalue weighted by atomic mass is 10.0. The molecule has 0 aliphatic carbocycles. The van der Waals surface area contributed by atoms with Crippen molar-refractivity contribution >= 4 is 21.8 Å². The Labute approximate surface area is 193 Å². The van der Waals surface area contributed by atoms with E-state index in [0.717, 1.165) is 45.2 Å². The molecule has 0 aliphatic heterocycles. The second-order valence-electron chi connectivity index (χ2n) is 7.84. The first kappa shape index (κ1) is 20.1. The van der Waals surface area contributed by atoms with Crippen LogP contribution < -0.4 is 4.74 Å². The van der Waals surface area contributed by atoms with E-state index in [-0.39, 0.29) is 5.82 Å². The zero-order chi connectivity index (χ0) is 23.1. The van der Waals surface area contributed by atoms with Crippen LogP contribution in [0.15, 0.2) is 103 Å². The molecule has 0 unspecified atom stereocenters. The van der Waals surface area contributed by atoms with Crippen molar-refractivity contribution in [1.82, 2.24) is 14.5 Å². The fraction of sp³-hybridized carbons (Fsp3) is 0. The molecule has 6 rings (SSSR count). The van der Waals surface area contributed by atoms with Crippen LogP contribution in [0.3, 0.4) is 0 Å². The monoisotopic (exact) mass is 449 g/mol. The molecule has 0 atom stereocenters. The van der Waals surface area contributed by atoms with Crippen molar-refractivity contribution < 1.29 is 13.5 Å². The van der Waals surface area contributed by atoms with Gasteiger partial charge in [-0.1, -0.05) is 48.5 Å². The van der Waals surface area contributed by atoms with Gasteiger partial charge in [-0.2, -0.15) is 0 Å². The fourth-order valence-electron chi connectivity index (χ4n) is 4.22. The van der Waals surface area contributed by atoms with Crippen LogP contribution in [0, 0.1) is 11.6 Å². The van der Waals surface area contributed by atoms with Crippen LogP contribution in [0.2, 0.25) is 0 Å². The molecule has 6 heteroatoms. The number of hydrogen-bond donors (Lipinski definition) is 0. The third kappa shape index (κ3) is 3.46. The first-order chi connectivity index (χ1) is 16.7. The Morgan fingerprint density at radius 2 is 1.50 bits per heavy atom. The van der Waals surface area contributed by atoms with E-state index in [9.17, 15) is 8.78 Å². The van der Waals surface area contributed by atoms with Crippen molar-refractivity contribution in [2.45, 2.75) is 0 Å². The fourth-order valence-corrected chi connectivity index (χ4v) is 4.22. The third-order valence-corrected chi connectivity index (χ3v) is 5.70. The van der Waals surface area contributed by atoms with Crippen molar-refractivity contribution in [2.75, 3.05) is 0 Å². The Kier molecular flexibility index (Phi) is 4.77. The molecule has 0 bridgehead atoms. The second kappa shape index (κ2) is 8.08. The molecular weight excluding hydrogens is 432 g/mol. The van der Waals surface area contributed by atoms with Crippen LogP contribution in [-0.2, 0) is 0 Å². The lowest BCUT2D eigenvalue weighted by Crippen LogP contribution is -2.01. The minimum Gasteiger partial charge on any atom is -0.439 e. The molecule has 0 aliphatic rings. The Bertz CT molecular complexity index is 1660. The van der Waals surface area contributed by atoms with Gasteiger partial charge in [-0.25, -0.2) is 18.7 Å². The summed E-state index contributed by atoms with van der Waals surface area (Å²) in [7, 11) is 0. The van der Waals surface area contributed by atoms with Crippen LogP contribution in [0.1, 0.15) is 0 Å². The number of rotatable bonds is 4. The predicted molar refractivity (Wildman–Crippen MR) is 128 cm³/mol. The lowest BCUT2D eigenvalue weighted by molar-refractivity contribution is 0.463. The molecule has 164 valence electrons. The highest BCUT2D eigenvalue weighted by Gasteiger charge is 2.17. The molecule has 0 spiro atoms. The van der Waals surface area contributed by atoms with E-state index in [1.165, 1.54) is 0 Å². The predicted octanol–water partition coefficient (Wildman–Crippen LogP) is 7.31.